The minimum Gasteiger partial charge on any atom is -0.342 e. The van der Waals surface area contributed by atoms with E-state index in [9.17, 15) is 9.59 Å². The van der Waals surface area contributed by atoms with Gasteiger partial charge in [-0.25, -0.2) is 0 Å². The molecule has 0 aromatic heterocycles. The monoisotopic (exact) mass is 349 g/mol. The van der Waals surface area contributed by atoms with Gasteiger partial charge in [0, 0.05) is 32.1 Å². The van der Waals surface area contributed by atoms with E-state index < -0.39 is 0 Å². The SMILES string of the molecule is CC(C(=O)N(C)C1CCCCC1)N1CCC(C(=O)N2CCCC2)CC1. The first kappa shape index (κ1) is 18.7. The smallest absolute Gasteiger partial charge is 0.239 e. The predicted molar refractivity (Wildman–Crippen MR) is 99.2 cm³/mol. The highest BCUT2D eigenvalue weighted by atomic mass is 16.2. The van der Waals surface area contributed by atoms with Gasteiger partial charge in [-0.2, -0.15) is 0 Å². The fourth-order valence-electron chi connectivity index (χ4n) is 4.83. The molecule has 0 bridgehead atoms. The highest BCUT2D eigenvalue weighted by molar-refractivity contribution is 5.82. The zero-order valence-electron chi connectivity index (χ0n) is 16.1. The third-order valence-corrected chi connectivity index (χ3v) is 6.67. The molecule has 1 unspecified atom stereocenters. The molecule has 1 saturated carbocycles. The van der Waals surface area contributed by atoms with Crippen LogP contribution in [-0.4, -0.2) is 71.8 Å². The number of carbonyl (C=O) groups is 2. The van der Waals surface area contributed by atoms with E-state index >= 15 is 0 Å². The summed E-state index contributed by atoms with van der Waals surface area (Å²) >= 11 is 0. The molecule has 5 nitrogen and oxygen atoms in total. The van der Waals surface area contributed by atoms with Crippen molar-refractivity contribution in [2.24, 2.45) is 5.92 Å². The van der Waals surface area contributed by atoms with Crippen molar-refractivity contribution in [2.45, 2.75) is 76.8 Å². The molecule has 2 heterocycles. The first-order valence-electron chi connectivity index (χ1n) is 10.4. The van der Waals surface area contributed by atoms with E-state index in [1.54, 1.807) is 0 Å². The summed E-state index contributed by atoms with van der Waals surface area (Å²) in [7, 11) is 1.98. The van der Waals surface area contributed by atoms with E-state index in [-0.39, 0.29) is 17.9 Å². The number of amides is 2. The van der Waals surface area contributed by atoms with Crippen LogP contribution in [0.25, 0.3) is 0 Å². The second-order valence-corrected chi connectivity index (χ2v) is 8.26. The van der Waals surface area contributed by atoms with Gasteiger partial charge < -0.3 is 9.80 Å². The third kappa shape index (κ3) is 4.36. The standard InChI is InChI=1S/C20H35N3O2/c1-16(19(24)21(2)18-8-4-3-5-9-18)22-14-10-17(11-15-22)20(25)23-12-6-7-13-23/h16-18H,3-15H2,1-2H3. The Morgan fingerprint density at radius 3 is 2.08 bits per heavy atom. The van der Waals surface area contributed by atoms with E-state index in [0.717, 1.165) is 64.7 Å². The Bertz CT molecular complexity index is 462. The van der Waals surface area contributed by atoms with Crippen molar-refractivity contribution >= 4 is 11.8 Å². The van der Waals surface area contributed by atoms with Crippen molar-refractivity contribution in [3.8, 4) is 0 Å². The Kier molecular flexibility index (Phi) is 6.37. The van der Waals surface area contributed by atoms with Crippen LogP contribution in [0, 0.1) is 5.92 Å². The molecule has 3 aliphatic rings. The maximum atomic E-state index is 12.9. The van der Waals surface area contributed by atoms with Crippen LogP contribution in [0.5, 0.6) is 0 Å². The van der Waals surface area contributed by atoms with Gasteiger partial charge in [-0.15, -0.1) is 0 Å². The van der Waals surface area contributed by atoms with Gasteiger partial charge in [-0.05, 0) is 58.5 Å². The summed E-state index contributed by atoms with van der Waals surface area (Å²) in [6, 6.07) is 0.368. The molecular formula is C20H35N3O2. The maximum Gasteiger partial charge on any atom is 0.239 e. The molecule has 0 spiro atoms. The molecule has 2 aliphatic heterocycles. The van der Waals surface area contributed by atoms with E-state index in [1.807, 2.05) is 23.8 Å². The Balaban J connectivity index is 1.47. The molecule has 25 heavy (non-hydrogen) atoms. The lowest BCUT2D eigenvalue weighted by molar-refractivity contribution is -0.139. The minimum absolute atomic E-state index is 0.0604. The molecule has 0 N–H and O–H groups in total. The van der Waals surface area contributed by atoms with E-state index in [2.05, 4.69) is 4.90 Å². The van der Waals surface area contributed by atoms with Crippen LogP contribution in [-0.2, 0) is 9.59 Å². The molecule has 2 amide bonds. The van der Waals surface area contributed by atoms with Gasteiger partial charge in [0.05, 0.1) is 6.04 Å². The van der Waals surface area contributed by atoms with Crippen LogP contribution in [0.15, 0.2) is 0 Å². The summed E-state index contributed by atoms with van der Waals surface area (Å²) in [6.07, 6.45) is 10.2. The van der Waals surface area contributed by atoms with Crippen molar-refractivity contribution < 1.29 is 9.59 Å². The number of rotatable bonds is 4. The largest absolute Gasteiger partial charge is 0.342 e. The minimum atomic E-state index is -0.0604. The lowest BCUT2D eigenvalue weighted by Crippen LogP contribution is -2.52. The number of piperidine rings is 1. The zero-order chi connectivity index (χ0) is 17.8. The van der Waals surface area contributed by atoms with Crippen molar-refractivity contribution in [3.63, 3.8) is 0 Å². The highest BCUT2D eigenvalue weighted by Crippen LogP contribution is 2.25. The van der Waals surface area contributed by atoms with Crippen LogP contribution in [0.4, 0.5) is 0 Å². The van der Waals surface area contributed by atoms with Gasteiger partial charge in [0.1, 0.15) is 0 Å². The number of carbonyl (C=O) groups excluding carboxylic acids is 2. The van der Waals surface area contributed by atoms with Gasteiger partial charge in [-0.3, -0.25) is 14.5 Å². The number of likely N-dealkylation sites (tertiary alicyclic amines) is 2. The van der Waals surface area contributed by atoms with Crippen molar-refractivity contribution in [2.75, 3.05) is 33.2 Å². The summed E-state index contributed by atoms with van der Waals surface area (Å²) in [4.78, 5) is 31.8. The van der Waals surface area contributed by atoms with Gasteiger partial charge in [0.15, 0.2) is 0 Å². The highest BCUT2D eigenvalue weighted by Gasteiger charge is 2.34. The molecule has 0 aromatic carbocycles. The lowest BCUT2D eigenvalue weighted by Gasteiger charge is -2.39. The third-order valence-electron chi connectivity index (χ3n) is 6.67. The topological polar surface area (TPSA) is 43.9 Å². The van der Waals surface area contributed by atoms with Crippen LogP contribution in [0.1, 0.15) is 64.7 Å². The molecule has 1 aliphatic carbocycles. The fourth-order valence-corrected chi connectivity index (χ4v) is 4.83. The summed E-state index contributed by atoms with van der Waals surface area (Å²) in [6.45, 7) is 5.68. The van der Waals surface area contributed by atoms with E-state index in [4.69, 9.17) is 0 Å². The normalized spacial score (nSPS) is 25.1. The zero-order valence-corrected chi connectivity index (χ0v) is 16.1. The van der Waals surface area contributed by atoms with Gasteiger partial charge in [0.2, 0.25) is 11.8 Å². The summed E-state index contributed by atoms with van der Waals surface area (Å²) in [5.41, 5.74) is 0. The van der Waals surface area contributed by atoms with E-state index in [1.165, 1.54) is 19.3 Å². The summed E-state index contributed by atoms with van der Waals surface area (Å²) < 4.78 is 0. The van der Waals surface area contributed by atoms with Crippen LogP contribution in [0.2, 0.25) is 0 Å². The summed E-state index contributed by atoms with van der Waals surface area (Å²) in [5, 5.41) is 0. The fraction of sp³-hybridized carbons (Fsp3) is 0.900. The Labute approximate surface area is 152 Å². The van der Waals surface area contributed by atoms with Crippen molar-refractivity contribution in [1.82, 2.24) is 14.7 Å². The number of nitrogens with zero attached hydrogens (tertiary/aromatic N) is 3. The Hall–Kier alpha value is -1.10. The average molecular weight is 350 g/mol. The average Bonchev–Trinajstić information content (AvgIpc) is 3.21. The molecule has 1 atom stereocenters. The number of hydrogen-bond acceptors (Lipinski definition) is 3. The van der Waals surface area contributed by atoms with Crippen molar-refractivity contribution in [3.05, 3.63) is 0 Å². The molecule has 2 saturated heterocycles. The van der Waals surface area contributed by atoms with Gasteiger partial charge >= 0.3 is 0 Å². The molecule has 5 heteroatoms. The molecule has 0 radical (unpaired) electrons. The van der Waals surface area contributed by atoms with Crippen molar-refractivity contribution in [1.29, 1.82) is 0 Å². The summed E-state index contributed by atoms with van der Waals surface area (Å²) in [5.74, 6) is 0.791. The lowest BCUT2D eigenvalue weighted by atomic mass is 9.93. The molecule has 3 rings (SSSR count). The molecular weight excluding hydrogens is 314 g/mol. The second-order valence-electron chi connectivity index (χ2n) is 8.26. The second kappa shape index (κ2) is 8.52. The molecule has 142 valence electrons. The van der Waals surface area contributed by atoms with Gasteiger partial charge in [-0.1, -0.05) is 19.3 Å². The molecule has 0 aromatic rings. The maximum absolute atomic E-state index is 12.9. The molecule has 3 fully saturated rings. The Morgan fingerprint density at radius 1 is 0.880 bits per heavy atom. The van der Waals surface area contributed by atoms with Crippen LogP contribution >= 0.6 is 0 Å². The number of likely N-dealkylation sites (N-methyl/N-ethyl adjacent to an activating group) is 1. The first-order chi connectivity index (χ1) is 12.1. The quantitative estimate of drug-likeness (QED) is 0.783. The van der Waals surface area contributed by atoms with Crippen LogP contribution < -0.4 is 0 Å². The number of hydrogen-bond donors (Lipinski definition) is 0. The Morgan fingerprint density at radius 2 is 1.48 bits per heavy atom. The predicted octanol–water partition coefficient (Wildman–Crippen LogP) is 2.50. The van der Waals surface area contributed by atoms with Gasteiger partial charge in [0.25, 0.3) is 0 Å². The first-order valence-corrected chi connectivity index (χ1v) is 10.4. The van der Waals surface area contributed by atoms with Crippen LogP contribution in [0.3, 0.4) is 0 Å². The van der Waals surface area contributed by atoms with E-state index in [0.29, 0.717) is 11.9 Å².